The molecule has 3 atom stereocenters. The third-order valence-corrected chi connectivity index (χ3v) is 10.7. The fourth-order valence-corrected chi connectivity index (χ4v) is 7.70. The molecule has 2 amide bonds. The van der Waals surface area contributed by atoms with Gasteiger partial charge in [-0.05, 0) is 66.5 Å². The number of carbonyl (C=O) groups excluding carboxylic acids is 2. The molecule has 4 heterocycles. The molecule has 262 valence electrons. The van der Waals surface area contributed by atoms with E-state index in [1.54, 1.807) is 39.5 Å². The number of nitrogens with one attached hydrogen (secondary N) is 2. The molecule has 3 N–H and O–H groups in total. The molecule has 5 aliphatic rings. The van der Waals surface area contributed by atoms with Gasteiger partial charge in [-0.2, -0.15) is 0 Å². The lowest BCUT2D eigenvalue weighted by atomic mass is 10.0. The summed E-state index contributed by atoms with van der Waals surface area (Å²) in [5.41, 5.74) is 4.55. The number of aliphatic hydroxyl groups is 1. The van der Waals surface area contributed by atoms with Gasteiger partial charge in [0.05, 0.1) is 69.1 Å². The molecule has 3 aromatic carbocycles. The molecule has 4 aliphatic heterocycles. The summed E-state index contributed by atoms with van der Waals surface area (Å²) >= 11 is 0. The summed E-state index contributed by atoms with van der Waals surface area (Å²) < 4.78 is 28.8. The first-order valence-electron chi connectivity index (χ1n) is 17.2. The van der Waals surface area contributed by atoms with Crippen molar-refractivity contribution in [1.82, 2.24) is 9.80 Å². The normalized spacial score (nSPS) is 22.6. The quantitative estimate of drug-likeness (QED) is 0.252. The van der Waals surface area contributed by atoms with Crippen molar-refractivity contribution in [2.45, 2.75) is 50.4 Å². The van der Waals surface area contributed by atoms with Gasteiger partial charge in [-0.25, -0.2) is 0 Å². The zero-order chi connectivity index (χ0) is 34.6. The summed E-state index contributed by atoms with van der Waals surface area (Å²) in [6, 6.07) is 14.6. The van der Waals surface area contributed by atoms with Crippen molar-refractivity contribution in [3.8, 4) is 28.7 Å². The van der Waals surface area contributed by atoms with E-state index in [2.05, 4.69) is 10.6 Å². The highest BCUT2D eigenvalue weighted by atomic mass is 16.5. The number of methoxy groups -OCH3 is 3. The predicted molar refractivity (Wildman–Crippen MR) is 186 cm³/mol. The van der Waals surface area contributed by atoms with Crippen molar-refractivity contribution in [3.05, 3.63) is 71.4 Å². The van der Waals surface area contributed by atoms with Crippen LogP contribution in [-0.2, 0) is 0 Å². The van der Waals surface area contributed by atoms with Crippen LogP contribution < -0.4 is 34.3 Å². The maximum absolute atomic E-state index is 13.7. The second-order valence-corrected chi connectivity index (χ2v) is 13.8. The summed E-state index contributed by atoms with van der Waals surface area (Å²) in [6.07, 6.45) is 5.38. The van der Waals surface area contributed by atoms with E-state index in [1.807, 2.05) is 46.3 Å². The number of ether oxygens (including phenoxy) is 5. The molecule has 1 aliphatic carbocycles. The number of benzene rings is 3. The van der Waals surface area contributed by atoms with E-state index in [9.17, 15) is 14.7 Å². The van der Waals surface area contributed by atoms with Gasteiger partial charge < -0.3 is 49.2 Å². The SMILES string of the molecule is COc1ccc(C2=CN3C(=O)c4cc(OC)c(OCCCOc5cc6c(cc5OC)C(=O)N5CC7(CC7)C[C@H]5C(O)N6)cc4NC[C@@H]3C2)cc1. The van der Waals surface area contributed by atoms with Crippen LogP contribution in [0.1, 0.15) is 58.4 Å². The molecular weight excluding hydrogens is 640 g/mol. The van der Waals surface area contributed by atoms with Crippen molar-refractivity contribution in [2.24, 2.45) is 5.41 Å². The second kappa shape index (κ2) is 12.7. The number of hydrogen-bond donors (Lipinski definition) is 3. The van der Waals surface area contributed by atoms with Gasteiger partial charge in [0.25, 0.3) is 11.8 Å². The highest BCUT2D eigenvalue weighted by Gasteiger charge is 2.56. The van der Waals surface area contributed by atoms with Crippen LogP contribution in [0.2, 0.25) is 0 Å². The molecule has 0 bridgehead atoms. The number of anilines is 2. The van der Waals surface area contributed by atoms with Crippen LogP contribution in [0.25, 0.3) is 5.57 Å². The van der Waals surface area contributed by atoms with E-state index in [0.717, 1.165) is 42.6 Å². The molecule has 1 saturated carbocycles. The van der Waals surface area contributed by atoms with Crippen LogP contribution >= 0.6 is 0 Å². The minimum absolute atomic E-state index is 0.0203. The molecule has 12 heteroatoms. The summed E-state index contributed by atoms with van der Waals surface area (Å²) in [4.78, 5) is 30.9. The highest BCUT2D eigenvalue weighted by Crippen LogP contribution is 2.56. The van der Waals surface area contributed by atoms with Gasteiger partial charge in [-0.15, -0.1) is 0 Å². The predicted octanol–water partition coefficient (Wildman–Crippen LogP) is 4.98. The molecule has 8 rings (SSSR count). The lowest BCUT2D eigenvalue weighted by Gasteiger charge is -2.25. The Morgan fingerprint density at radius 3 is 2.14 bits per heavy atom. The Bertz CT molecular complexity index is 1860. The van der Waals surface area contributed by atoms with Crippen LogP contribution in [0.4, 0.5) is 11.4 Å². The molecule has 0 radical (unpaired) electrons. The van der Waals surface area contributed by atoms with Gasteiger partial charge in [0.1, 0.15) is 12.0 Å². The monoisotopic (exact) mass is 682 g/mol. The van der Waals surface area contributed by atoms with Crippen LogP contribution in [0, 0.1) is 5.41 Å². The number of amides is 2. The van der Waals surface area contributed by atoms with Gasteiger partial charge in [0, 0.05) is 37.8 Å². The maximum atomic E-state index is 13.7. The minimum atomic E-state index is -0.861. The molecule has 50 heavy (non-hydrogen) atoms. The molecule has 12 nitrogen and oxygen atoms in total. The molecule has 1 unspecified atom stereocenters. The minimum Gasteiger partial charge on any atom is -0.497 e. The fourth-order valence-electron chi connectivity index (χ4n) is 7.70. The van der Waals surface area contributed by atoms with Crippen LogP contribution in [0.15, 0.2) is 54.7 Å². The first-order chi connectivity index (χ1) is 24.3. The smallest absolute Gasteiger partial charge is 0.260 e. The van der Waals surface area contributed by atoms with Crippen molar-refractivity contribution in [3.63, 3.8) is 0 Å². The number of fused-ring (bicyclic) bond motifs is 4. The highest BCUT2D eigenvalue weighted by molar-refractivity contribution is 6.03. The summed E-state index contributed by atoms with van der Waals surface area (Å²) in [7, 11) is 4.74. The fraction of sp³-hybridized carbons (Fsp3) is 0.421. The van der Waals surface area contributed by atoms with Gasteiger partial charge >= 0.3 is 0 Å². The maximum Gasteiger partial charge on any atom is 0.260 e. The van der Waals surface area contributed by atoms with E-state index in [1.165, 1.54) is 0 Å². The Hall–Kier alpha value is -5.10. The second-order valence-electron chi connectivity index (χ2n) is 13.8. The van der Waals surface area contributed by atoms with E-state index < -0.39 is 6.23 Å². The van der Waals surface area contributed by atoms with Gasteiger partial charge in [0.2, 0.25) is 0 Å². The summed E-state index contributed by atoms with van der Waals surface area (Å²) in [5, 5.41) is 17.6. The average molecular weight is 683 g/mol. The van der Waals surface area contributed by atoms with E-state index >= 15 is 0 Å². The zero-order valence-corrected chi connectivity index (χ0v) is 28.5. The van der Waals surface area contributed by atoms with E-state index in [4.69, 9.17) is 23.7 Å². The topological polar surface area (TPSA) is 131 Å². The number of rotatable bonds is 10. The summed E-state index contributed by atoms with van der Waals surface area (Å²) in [6.45, 7) is 1.91. The Balaban J connectivity index is 0.911. The average Bonchev–Trinajstić information content (AvgIpc) is 3.64. The third-order valence-electron chi connectivity index (χ3n) is 10.7. The largest absolute Gasteiger partial charge is 0.497 e. The van der Waals surface area contributed by atoms with Crippen molar-refractivity contribution in [2.75, 3.05) is 58.3 Å². The van der Waals surface area contributed by atoms with Crippen molar-refractivity contribution >= 4 is 28.8 Å². The molecule has 1 spiro atoms. The first-order valence-corrected chi connectivity index (χ1v) is 17.2. The van der Waals surface area contributed by atoms with Crippen LogP contribution in [0.5, 0.6) is 28.7 Å². The number of hydrogen-bond acceptors (Lipinski definition) is 10. The molecular formula is C38H42N4O8. The van der Waals surface area contributed by atoms with Crippen molar-refractivity contribution in [1.29, 1.82) is 0 Å². The molecule has 1 saturated heterocycles. The zero-order valence-electron chi connectivity index (χ0n) is 28.5. The Kier molecular flexibility index (Phi) is 8.13. The molecule has 0 aromatic heterocycles. The molecule has 3 aromatic rings. The number of aliphatic hydroxyl groups excluding tert-OH is 1. The number of carbonyl (C=O) groups is 2. The van der Waals surface area contributed by atoms with Gasteiger partial charge in [0.15, 0.2) is 23.0 Å². The standard InChI is InChI=1S/C38H42N4O8/c1-46-25-7-5-22(6-8-25)23-13-24-19-39-28-16-33(31(47-2)14-26(28)36(44)41(24)20-23)49-11-4-12-50-34-17-29-27(15-32(34)48-3)37(45)42-21-38(9-10-38)18-30(42)35(43)40-29/h5-8,14-17,20,24,30,35,39-40,43H,4,9-13,18-19,21H2,1-3H3/t24-,30-,35?/m0/s1. The lowest BCUT2D eigenvalue weighted by Crippen LogP contribution is -2.43. The Morgan fingerprint density at radius 1 is 0.840 bits per heavy atom. The Labute approximate surface area is 290 Å². The Morgan fingerprint density at radius 2 is 1.50 bits per heavy atom. The van der Waals surface area contributed by atoms with Crippen LogP contribution in [-0.4, -0.2) is 92.7 Å². The van der Waals surface area contributed by atoms with Crippen molar-refractivity contribution < 1.29 is 38.4 Å². The lowest BCUT2D eigenvalue weighted by molar-refractivity contribution is 0.0580. The third kappa shape index (κ3) is 5.70. The number of nitrogens with zero attached hydrogens (tertiary/aromatic N) is 2. The van der Waals surface area contributed by atoms with E-state index in [-0.39, 0.29) is 29.3 Å². The molecule has 2 fully saturated rings. The van der Waals surface area contributed by atoms with Gasteiger partial charge in [-0.3, -0.25) is 9.59 Å². The van der Waals surface area contributed by atoms with Gasteiger partial charge in [-0.1, -0.05) is 12.1 Å². The van der Waals surface area contributed by atoms with E-state index in [0.29, 0.717) is 78.2 Å². The van der Waals surface area contributed by atoms with Crippen LogP contribution in [0.3, 0.4) is 0 Å². The summed E-state index contributed by atoms with van der Waals surface area (Å²) in [5.74, 6) is 2.50. The first kappa shape index (κ1) is 32.1.